The summed E-state index contributed by atoms with van der Waals surface area (Å²) in [6, 6.07) is 14.5. The number of rotatable bonds is 2. The fourth-order valence-corrected chi connectivity index (χ4v) is 2.30. The van der Waals surface area contributed by atoms with Crippen LogP contribution in [0.4, 0.5) is 0 Å². The van der Waals surface area contributed by atoms with Gasteiger partial charge in [0.2, 0.25) is 0 Å². The van der Waals surface area contributed by atoms with Crippen LogP contribution in [0.5, 0.6) is 0 Å². The van der Waals surface area contributed by atoms with Gasteiger partial charge in [0.15, 0.2) is 0 Å². The number of hydrogen-bond donors (Lipinski definition) is 0. The van der Waals surface area contributed by atoms with Gasteiger partial charge in [0.1, 0.15) is 0 Å². The van der Waals surface area contributed by atoms with E-state index < -0.39 is 15.2 Å². The minimum Gasteiger partial charge on any atom is -0.807 e. The summed E-state index contributed by atoms with van der Waals surface area (Å²) in [7, 11) is -9.04. The first-order valence-corrected chi connectivity index (χ1v) is 8.45. The Balaban J connectivity index is 0.000000364. The Hall–Kier alpha value is -0.390. The topological polar surface area (TPSA) is 126 Å². The molecular weight excluding hydrogens is 481 g/mol. The molecule has 21 heavy (non-hydrogen) atoms. The molecule has 0 amide bonds. The summed E-state index contributed by atoms with van der Waals surface area (Å²) >= 11 is 0. The standard InChI is InChI=1S/2C6H7O3P.Hf/c2*7-10(8,9)6-4-2-1-3-5-6;/h2*1-5H,(H2,7,8,9);/q;;+4/p-4. The van der Waals surface area contributed by atoms with Gasteiger partial charge in [0.25, 0.3) is 0 Å². The van der Waals surface area contributed by atoms with Gasteiger partial charge in [-0.1, -0.05) is 60.7 Å². The minimum atomic E-state index is -4.52. The fourth-order valence-electron chi connectivity index (χ4n) is 1.22. The van der Waals surface area contributed by atoms with Crippen molar-refractivity contribution in [3.05, 3.63) is 60.7 Å². The molecule has 2 aromatic rings. The van der Waals surface area contributed by atoms with E-state index in [4.69, 9.17) is 0 Å². The molecule has 0 aromatic heterocycles. The molecule has 0 atom stereocenters. The van der Waals surface area contributed by atoms with Gasteiger partial charge >= 0.3 is 25.8 Å². The van der Waals surface area contributed by atoms with Crippen LogP contribution in [0.3, 0.4) is 0 Å². The maximum Gasteiger partial charge on any atom is 4.00 e. The Morgan fingerprint density at radius 2 is 0.810 bits per heavy atom. The van der Waals surface area contributed by atoms with Gasteiger partial charge < -0.3 is 28.7 Å². The molecule has 0 fully saturated rings. The SMILES string of the molecule is O=P([O-])([O-])c1ccccc1.O=P([O-])([O-])c1ccccc1.[Hf+4]. The van der Waals surface area contributed by atoms with E-state index in [9.17, 15) is 28.7 Å². The van der Waals surface area contributed by atoms with E-state index >= 15 is 0 Å². The number of benzene rings is 2. The van der Waals surface area contributed by atoms with Crippen LogP contribution in [0.25, 0.3) is 0 Å². The molecule has 2 rings (SSSR count). The first kappa shape index (κ1) is 20.6. The van der Waals surface area contributed by atoms with Crippen LogP contribution in [0.2, 0.25) is 0 Å². The van der Waals surface area contributed by atoms with Gasteiger partial charge in [-0.15, -0.1) is 0 Å². The summed E-state index contributed by atoms with van der Waals surface area (Å²) in [5, 5.41) is -0.315. The molecule has 0 aliphatic rings. The molecule has 0 bridgehead atoms. The molecule has 0 spiro atoms. The van der Waals surface area contributed by atoms with E-state index in [1.54, 1.807) is 12.1 Å². The van der Waals surface area contributed by atoms with Gasteiger partial charge in [-0.2, -0.15) is 0 Å². The molecule has 9 heteroatoms. The smallest absolute Gasteiger partial charge is 0.807 e. The number of hydrogen-bond acceptors (Lipinski definition) is 6. The van der Waals surface area contributed by atoms with Crippen molar-refractivity contribution in [1.29, 1.82) is 0 Å². The van der Waals surface area contributed by atoms with E-state index in [1.165, 1.54) is 48.5 Å². The molecule has 0 radical (unpaired) electrons. The maximum absolute atomic E-state index is 10.3. The molecule has 0 heterocycles. The third-order valence-electron chi connectivity index (χ3n) is 2.14. The predicted molar refractivity (Wildman–Crippen MR) is 67.4 cm³/mol. The molecule has 0 aliphatic carbocycles. The van der Waals surface area contributed by atoms with Crippen LogP contribution >= 0.6 is 15.2 Å². The average Bonchev–Trinajstić information content (AvgIpc) is 2.40. The molecule has 0 saturated carbocycles. The Bertz CT molecular complexity index is 565. The van der Waals surface area contributed by atoms with E-state index in [0.29, 0.717) is 0 Å². The van der Waals surface area contributed by atoms with Crippen molar-refractivity contribution < 1.29 is 54.5 Å². The Morgan fingerprint density at radius 3 is 0.952 bits per heavy atom. The second-order valence-corrected chi connectivity index (χ2v) is 6.69. The molecule has 108 valence electrons. The van der Waals surface area contributed by atoms with Crippen molar-refractivity contribution in [2.45, 2.75) is 0 Å². The molecule has 0 N–H and O–H groups in total. The maximum atomic E-state index is 10.3. The third-order valence-corrected chi connectivity index (χ3v) is 4.01. The molecule has 0 saturated heterocycles. The fraction of sp³-hybridized carbons (Fsp3) is 0. The van der Waals surface area contributed by atoms with Crippen LogP contribution in [-0.2, 0) is 35.0 Å². The monoisotopic (exact) mass is 492 g/mol. The largest absolute Gasteiger partial charge is 4.00 e. The van der Waals surface area contributed by atoms with E-state index in [2.05, 4.69) is 0 Å². The normalized spacial score (nSPS) is 10.9. The van der Waals surface area contributed by atoms with Gasteiger partial charge in [-0.05, 0) is 25.8 Å². The van der Waals surface area contributed by atoms with Crippen LogP contribution in [-0.4, -0.2) is 0 Å². The van der Waals surface area contributed by atoms with Gasteiger partial charge in [0.05, 0.1) is 0 Å². The minimum absolute atomic E-state index is 0. The summed E-state index contributed by atoms with van der Waals surface area (Å²) in [5.74, 6) is 0. The third kappa shape index (κ3) is 7.98. The summed E-state index contributed by atoms with van der Waals surface area (Å²) in [6.45, 7) is 0. The summed E-state index contributed by atoms with van der Waals surface area (Å²) in [6.07, 6.45) is 0. The van der Waals surface area contributed by atoms with Gasteiger partial charge in [0, 0.05) is 0 Å². The molecule has 0 aliphatic heterocycles. The Kier molecular flexibility index (Phi) is 8.74. The Morgan fingerprint density at radius 1 is 0.571 bits per heavy atom. The van der Waals surface area contributed by atoms with Crippen molar-refractivity contribution in [2.24, 2.45) is 0 Å². The van der Waals surface area contributed by atoms with E-state index in [1.807, 2.05) is 0 Å². The summed E-state index contributed by atoms with van der Waals surface area (Å²) < 4.78 is 20.6. The van der Waals surface area contributed by atoms with E-state index in [0.717, 1.165) is 0 Å². The molecular formula is C12H10HfO6P2. The van der Waals surface area contributed by atoms with Crippen molar-refractivity contribution >= 4 is 25.8 Å². The quantitative estimate of drug-likeness (QED) is 0.371. The van der Waals surface area contributed by atoms with Crippen LogP contribution < -0.4 is 30.2 Å². The Labute approximate surface area is 141 Å². The van der Waals surface area contributed by atoms with Crippen molar-refractivity contribution in [2.75, 3.05) is 0 Å². The first-order valence-electron chi connectivity index (χ1n) is 5.36. The first-order chi connectivity index (χ1) is 9.21. The zero-order chi connectivity index (χ0) is 15.2. The van der Waals surface area contributed by atoms with E-state index in [-0.39, 0.29) is 36.5 Å². The average molecular weight is 491 g/mol. The summed E-state index contributed by atoms with van der Waals surface area (Å²) in [5.41, 5.74) is 0. The van der Waals surface area contributed by atoms with Gasteiger partial charge in [-0.3, -0.25) is 0 Å². The summed E-state index contributed by atoms with van der Waals surface area (Å²) in [4.78, 5) is 41.2. The zero-order valence-corrected chi connectivity index (χ0v) is 16.0. The van der Waals surface area contributed by atoms with Crippen molar-refractivity contribution in [1.82, 2.24) is 0 Å². The second kappa shape index (κ2) is 8.91. The van der Waals surface area contributed by atoms with Crippen molar-refractivity contribution in [3.8, 4) is 0 Å². The second-order valence-electron chi connectivity index (χ2n) is 3.67. The van der Waals surface area contributed by atoms with Gasteiger partial charge in [-0.25, -0.2) is 0 Å². The van der Waals surface area contributed by atoms with Crippen LogP contribution in [0.1, 0.15) is 0 Å². The molecule has 6 nitrogen and oxygen atoms in total. The molecule has 2 aromatic carbocycles. The van der Waals surface area contributed by atoms with Crippen molar-refractivity contribution in [3.63, 3.8) is 0 Å². The van der Waals surface area contributed by atoms with Crippen LogP contribution in [0.15, 0.2) is 60.7 Å². The van der Waals surface area contributed by atoms with Crippen LogP contribution in [0, 0.1) is 0 Å². The zero-order valence-electron chi connectivity index (χ0n) is 10.6. The molecule has 0 unspecified atom stereocenters. The predicted octanol–water partition coefficient (Wildman–Crippen LogP) is -1.55.